The smallest absolute Gasteiger partial charge is 0.373 e. The number of carboxylic acids is 1. The van der Waals surface area contributed by atoms with Crippen molar-refractivity contribution in [3.8, 4) is 17.2 Å². The molecular weight excluding hydrogens is 258 g/mol. The summed E-state index contributed by atoms with van der Waals surface area (Å²) >= 11 is 0. The molecule has 106 valence electrons. The average molecular weight is 275 g/mol. The van der Waals surface area contributed by atoms with E-state index in [1.165, 1.54) is 0 Å². The van der Waals surface area contributed by atoms with Gasteiger partial charge in [0, 0.05) is 5.56 Å². The maximum Gasteiger partial charge on any atom is 0.373 e. The SMILES string of the molecule is Cc1nc(-c2ccc(OC(C)(C)C)cc2)oc1C(=O)O. The number of ether oxygens (including phenoxy) is 1. The Labute approximate surface area is 117 Å². The van der Waals surface area contributed by atoms with Crippen LogP contribution in [-0.4, -0.2) is 21.7 Å². The molecule has 0 bridgehead atoms. The lowest BCUT2D eigenvalue weighted by molar-refractivity contribution is 0.0662. The van der Waals surface area contributed by atoms with Gasteiger partial charge in [-0.3, -0.25) is 0 Å². The Morgan fingerprint density at radius 3 is 2.30 bits per heavy atom. The molecule has 2 rings (SSSR count). The lowest BCUT2D eigenvalue weighted by Gasteiger charge is -2.21. The molecule has 0 aliphatic carbocycles. The number of hydrogen-bond donors (Lipinski definition) is 1. The monoisotopic (exact) mass is 275 g/mol. The minimum Gasteiger partial charge on any atom is -0.488 e. The van der Waals surface area contributed by atoms with E-state index in [0.717, 1.165) is 5.75 Å². The highest BCUT2D eigenvalue weighted by molar-refractivity contribution is 5.86. The van der Waals surface area contributed by atoms with Crippen molar-refractivity contribution in [2.45, 2.75) is 33.3 Å². The zero-order valence-electron chi connectivity index (χ0n) is 11.9. The van der Waals surface area contributed by atoms with Gasteiger partial charge < -0.3 is 14.3 Å². The van der Waals surface area contributed by atoms with Gasteiger partial charge in [-0.1, -0.05) is 0 Å². The number of benzene rings is 1. The quantitative estimate of drug-likeness (QED) is 0.927. The molecule has 0 saturated heterocycles. The lowest BCUT2D eigenvalue weighted by Crippen LogP contribution is -2.22. The Bertz CT molecular complexity index is 620. The molecule has 0 aliphatic heterocycles. The van der Waals surface area contributed by atoms with E-state index >= 15 is 0 Å². The molecule has 1 N–H and O–H groups in total. The molecular formula is C15H17NO4. The van der Waals surface area contributed by atoms with Crippen molar-refractivity contribution in [1.29, 1.82) is 0 Å². The first kappa shape index (κ1) is 14.1. The predicted octanol–water partition coefficient (Wildman–Crippen LogP) is 3.53. The van der Waals surface area contributed by atoms with E-state index in [9.17, 15) is 4.79 Å². The maximum absolute atomic E-state index is 10.9. The van der Waals surface area contributed by atoms with Crippen LogP contribution in [0.4, 0.5) is 0 Å². The summed E-state index contributed by atoms with van der Waals surface area (Å²) in [5.74, 6) is -0.214. The summed E-state index contributed by atoms with van der Waals surface area (Å²) in [5, 5.41) is 8.94. The van der Waals surface area contributed by atoms with Crippen LogP contribution in [-0.2, 0) is 0 Å². The molecule has 0 atom stereocenters. The summed E-state index contributed by atoms with van der Waals surface area (Å²) in [6.07, 6.45) is 0. The molecule has 0 radical (unpaired) electrons. The molecule has 0 aliphatic rings. The second-order valence-electron chi connectivity index (χ2n) is 5.48. The van der Waals surface area contributed by atoms with Gasteiger partial charge in [0.15, 0.2) is 0 Å². The van der Waals surface area contributed by atoms with Crippen molar-refractivity contribution >= 4 is 5.97 Å². The van der Waals surface area contributed by atoms with Crippen LogP contribution in [0.1, 0.15) is 37.0 Å². The fraction of sp³-hybridized carbons (Fsp3) is 0.333. The Morgan fingerprint density at radius 1 is 1.25 bits per heavy atom. The number of aromatic nitrogens is 1. The van der Waals surface area contributed by atoms with Gasteiger partial charge in [0.2, 0.25) is 11.7 Å². The highest BCUT2D eigenvalue weighted by Gasteiger charge is 2.17. The molecule has 0 spiro atoms. The van der Waals surface area contributed by atoms with Crippen LogP contribution in [0.3, 0.4) is 0 Å². The van der Waals surface area contributed by atoms with Crippen molar-refractivity contribution in [1.82, 2.24) is 4.98 Å². The zero-order chi connectivity index (χ0) is 14.9. The van der Waals surface area contributed by atoms with E-state index < -0.39 is 5.97 Å². The Balaban J connectivity index is 2.26. The fourth-order valence-corrected chi connectivity index (χ4v) is 1.74. The average Bonchev–Trinajstić information content (AvgIpc) is 2.70. The van der Waals surface area contributed by atoms with Gasteiger partial charge in [-0.15, -0.1) is 0 Å². The standard InChI is InChI=1S/C15H17NO4/c1-9-12(14(17)18)19-13(16-9)10-5-7-11(8-6-10)20-15(2,3)4/h5-8H,1-4H3,(H,17,18). The molecule has 1 heterocycles. The van der Waals surface area contributed by atoms with Crippen LogP contribution in [0.15, 0.2) is 28.7 Å². The third-order valence-corrected chi connectivity index (χ3v) is 2.52. The van der Waals surface area contributed by atoms with E-state index in [1.807, 2.05) is 20.8 Å². The number of oxazole rings is 1. The number of rotatable bonds is 3. The van der Waals surface area contributed by atoms with Crippen molar-refractivity contribution in [2.24, 2.45) is 0 Å². The molecule has 0 saturated carbocycles. The molecule has 20 heavy (non-hydrogen) atoms. The second kappa shape index (κ2) is 5.00. The summed E-state index contributed by atoms with van der Waals surface area (Å²) < 4.78 is 11.0. The summed E-state index contributed by atoms with van der Waals surface area (Å²) in [6.45, 7) is 7.51. The summed E-state index contributed by atoms with van der Waals surface area (Å²) in [4.78, 5) is 15.0. The summed E-state index contributed by atoms with van der Waals surface area (Å²) in [6, 6.07) is 7.19. The van der Waals surface area contributed by atoms with Crippen molar-refractivity contribution in [3.05, 3.63) is 35.7 Å². The molecule has 2 aromatic rings. The van der Waals surface area contributed by atoms with Gasteiger partial charge in [-0.2, -0.15) is 0 Å². The molecule has 0 amide bonds. The number of aromatic carboxylic acids is 1. The highest BCUT2D eigenvalue weighted by Crippen LogP contribution is 2.25. The molecule has 0 unspecified atom stereocenters. The van der Waals surface area contributed by atoms with Gasteiger partial charge >= 0.3 is 5.97 Å². The Kier molecular flexibility index (Phi) is 3.53. The van der Waals surface area contributed by atoms with Gasteiger partial charge in [0.1, 0.15) is 11.4 Å². The fourth-order valence-electron chi connectivity index (χ4n) is 1.74. The molecule has 1 aromatic heterocycles. The topological polar surface area (TPSA) is 72.6 Å². The van der Waals surface area contributed by atoms with Crippen LogP contribution >= 0.6 is 0 Å². The summed E-state index contributed by atoms with van der Waals surface area (Å²) in [5.41, 5.74) is 0.807. The van der Waals surface area contributed by atoms with Crippen molar-refractivity contribution in [3.63, 3.8) is 0 Å². The van der Waals surface area contributed by atoms with E-state index in [2.05, 4.69) is 4.98 Å². The lowest BCUT2D eigenvalue weighted by atomic mass is 10.1. The Morgan fingerprint density at radius 2 is 1.85 bits per heavy atom. The number of nitrogens with zero attached hydrogens (tertiary/aromatic N) is 1. The van der Waals surface area contributed by atoms with Crippen LogP contribution in [0.5, 0.6) is 5.75 Å². The van der Waals surface area contributed by atoms with E-state index in [0.29, 0.717) is 17.1 Å². The first-order chi connectivity index (χ1) is 9.26. The third kappa shape index (κ3) is 3.17. The molecule has 0 fully saturated rings. The van der Waals surface area contributed by atoms with Gasteiger partial charge in [-0.05, 0) is 52.0 Å². The van der Waals surface area contributed by atoms with Crippen LogP contribution in [0.2, 0.25) is 0 Å². The predicted molar refractivity (Wildman–Crippen MR) is 74.0 cm³/mol. The summed E-state index contributed by atoms with van der Waals surface area (Å²) in [7, 11) is 0. The molecule has 5 heteroatoms. The first-order valence-corrected chi connectivity index (χ1v) is 6.26. The minimum atomic E-state index is -1.12. The number of hydrogen-bond acceptors (Lipinski definition) is 4. The largest absolute Gasteiger partial charge is 0.488 e. The first-order valence-electron chi connectivity index (χ1n) is 6.26. The maximum atomic E-state index is 10.9. The van der Waals surface area contributed by atoms with Gasteiger partial charge in [-0.25, -0.2) is 9.78 Å². The van der Waals surface area contributed by atoms with E-state index in [1.54, 1.807) is 31.2 Å². The second-order valence-corrected chi connectivity index (χ2v) is 5.48. The number of aryl methyl sites for hydroxylation is 1. The molecule has 1 aromatic carbocycles. The highest BCUT2D eigenvalue weighted by atomic mass is 16.5. The van der Waals surface area contributed by atoms with Crippen molar-refractivity contribution in [2.75, 3.05) is 0 Å². The van der Waals surface area contributed by atoms with E-state index in [4.69, 9.17) is 14.3 Å². The third-order valence-electron chi connectivity index (χ3n) is 2.52. The molecule has 5 nitrogen and oxygen atoms in total. The minimum absolute atomic E-state index is 0.130. The van der Waals surface area contributed by atoms with Crippen LogP contribution < -0.4 is 4.74 Å². The van der Waals surface area contributed by atoms with Crippen LogP contribution in [0, 0.1) is 6.92 Å². The Hall–Kier alpha value is -2.30. The number of carboxylic acid groups (broad SMARTS) is 1. The number of carbonyl (C=O) groups is 1. The van der Waals surface area contributed by atoms with Crippen molar-refractivity contribution < 1.29 is 19.1 Å². The zero-order valence-corrected chi connectivity index (χ0v) is 11.9. The normalized spacial score (nSPS) is 11.4. The van der Waals surface area contributed by atoms with Gasteiger partial charge in [0.05, 0.1) is 5.69 Å². The van der Waals surface area contributed by atoms with E-state index in [-0.39, 0.29) is 11.4 Å². The van der Waals surface area contributed by atoms with Gasteiger partial charge in [0.25, 0.3) is 0 Å². The van der Waals surface area contributed by atoms with Crippen LogP contribution in [0.25, 0.3) is 11.5 Å².